The van der Waals surface area contributed by atoms with E-state index in [0.717, 1.165) is 4.90 Å². The number of benzene rings is 3. The number of amides is 4. The van der Waals surface area contributed by atoms with E-state index in [2.05, 4.69) is 20.9 Å². The summed E-state index contributed by atoms with van der Waals surface area (Å²) in [6.45, 7) is 1.91. The zero-order valence-electron chi connectivity index (χ0n) is 22.7. The Kier molecular flexibility index (Phi) is 10.2. The van der Waals surface area contributed by atoms with Gasteiger partial charge >= 0.3 is 0 Å². The molecule has 0 aliphatic heterocycles. The van der Waals surface area contributed by atoms with Gasteiger partial charge in [-0.25, -0.2) is 0 Å². The van der Waals surface area contributed by atoms with Crippen molar-refractivity contribution >= 4 is 52.8 Å². The number of hydrogen-bond donors (Lipinski definition) is 4. The largest absolute Gasteiger partial charge is 0.366 e. The molecule has 4 amide bonds. The molecule has 1 atom stereocenters. The molecule has 0 radical (unpaired) electrons. The highest BCUT2D eigenvalue weighted by Crippen LogP contribution is 2.29. The van der Waals surface area contributed by atoms with E-state index in [-0.39, 0.29) is 11.6 Å². The Balaban J connectivity index is 1.46. The lowest BCUT2D eigenvalue weighted by atomic mass is 10.2. The van der Waals surface area contributed by atoms with E-state index in [4.69, 9.17) is 5.73 Å². The zero-order valence-corrected chi connectivity index (χ0v) is 23.6. The third-order valence-electron chi connectivity index (χ3n) is 5.99. The van der Waals surface area contributed by atoms with E-state index in [9.17, 15) is 19.2 Å². The normalized spacial score (nSPS) is 11.7. The molecule has 0 saturated carbocycles. The van der Waals surface area contributed by atoms with Crippen LogP contribution >= 0.6 is 11.8 Å². The van der Waals surface area contributed by atoms with Crippen molar-refractivity contribution in [1.29, 1.82) is 0 Å². The van der Waals surface area contributed by atoms with E-state index >= 15 is 0 Å². The number of nitrogens with one attached hydrogen (secondary N) is 3. The number of thioether (sulfide) groups is 1. The highest BCUT2D eigenvalue weighted by Gasteiger charge is 2.19. The number of aromatic nitrogens is 1. The standard InChI is InChI=1S/C32H29N5O4S/c1-2-28(32(41)35-24-15-13-22(14-16-24)29(33)38)42-26-12-6-11-25(19-26)36-31(40)27(18-21-8-7-17-34-20-21)37-30(39)23-9-4-3-5-10-23/h3-20,28H,2H2,1H3,(H2,33,38)(H,35,41)(H,36,40)(H,37,39)/b27-18-. The van der Waals surface area contributed by atoms with Gasteiger partial charge in [-0.1, -0.05) is 37.3 Å². The molecule has 1 heterocycles. The SMILES string of the molecule is CCC(Sc1cccc(NC(=O)/C(=C/c2cccnc2)NC(=O)c2ccccc2)c1)C(=O)Nc1ccc(C(N)=O)cc1. The number of nitrogens with zero attached hydrogens (tertiary/aromatic N) is 1. The number of carbonyl (C=O) groups is 4. The molecule has 0 fully saturated rings. The average molecular weight is 580 g/mol. The Labute approximate surface area is 247 Å². The van der Waals surface area contributed by atoms with Crippen LogP contribution in [0.15, 0.2) is 114 Å². The molecular weight excluding hydrogens is 550 g/mol. The molecule has 0 spiro atoms. The molecule has 4 rings (SSSR count). The first kappa shape index (κ1) is 29.8. The summed E-state index contributed by atoms with van der Waals surface area (Å²) in [4.78, 5) is 55.3. The predicted molar refractivity (Wildman–Crippen MR) is 165 cm³/mol. The van der Waals surface area contributed by atoms with Gasteiger partial charge in [0.05, 0.1) is 5.25 Å². The maximum atomic E-state index is 13.3. The molecule has 42 heavy (non-hydrogen) atoms. The molecule has 10 heteroatoms. The van der Waals surface area contributed by atoms with Crippen molar-refractivity contribution in [2.75, 3.05) is 10.6 Å². The fourth-order valence-corrected chi connectivity index (χ4v) is 4.86. The molecule has 3 aromatic carbocycles. The van der Waals surface area contributed by atoms with Crippen molar-refractivity contribution in [1.82, 2.24) is 10.3 Å². The van der Waals surface area contributed by atoms with Crippen LogP contribution in [-0.2, 0) is 9.59 Å². The van der Waals surface area contributed by atoms with E-state index in [0.29, 0.717) is 34.5 Å². The second-order valence-corrected chi connectivity index (χ2v) is 10.4. The molecule has 0 aliphatic carbocycles. The summed E-state index contributed by atoms with van der Waals surface area (Å²) in [6, 6.07) is 25.6. The van der Waals surface area contributed by atoms with Gasteiger partial charge in [0.25, 0.3) is 11.8 Å². The summed E-state index contributed by atoms with van der Waals surface area (Å²) < 4.78 is 0. The van der Waals surface area contributed by atoms with Gasteiger partial charge < -0.3 is 21.7 Å². The number of pyridine rings is 1. The van der Waals surface area contributed by atoms with Crippen LogP contribution in [0.1, 0.15) is 39.6 Å². The van der Waals surface area contributed by atoms with E-state index < -0.39 is 23.0 Å². The Morgan fingerprint density at radius 3 is 2.29 bits per heavy atom. The van der Waals surface area contributed by atoms with Crippen LogP contribution in [0.3, 0.4) is 0 Å². The number of primary amides is 1. The molecule has 9 nitrogen and oxygen atoms in total. The van der Waals surface area contributed by atoms with Crippen LogP contribution in [0, 0.1) is 0 Å². The molecule has 1 unspecified atom stereocenters. The summed E-state index contributed by atoms with van der Waals surface area (Å²) in [5.74, 6) is -1.69. The molecule has 1 aromatic heterocycles. The highest BCUT2D eigenvalue weighted by molar-refractivity contribution is 8.00. The Morgan fingerprint density at radius 2 is 1.62 bits per heavy atom. The van der Waals surface area contributed by atoms with E-state index in [1.165, 1.54) is 11.8 Å². The minimum atomic E-state index is -0.542. The smallest absolute Gasteiger partial charge is 0.272 e. The maximum Gasteiger partial charge on any atom is 0.272 e. The molecular formula is C32H29N5O4S. The zero-order chi connectivity index (χ0) is 29.9. The Bertz CT molecular complexity index is 1590. The van der Waals surface area contributed by atoms with Crippen molar-refractivity contribution in [2.24, 2.45) is 5.73 Å². The maximum absolute atomic E-state index is 13.3. The van der Waals surface area contributed by atoms with Crippen LogP contribution < -0.4 is 21.7 Å². The second-order valence-electron chi connectivity index (χ2n) is 9.09. The summed E-state index contributed by atoms with van der Waals surface area (Å²) in [5.41, 5.74) is 7.77. The first-order valence-electron chi connectivity index (χ1n) is 13.1. The van der Waals surface area contributed by atoms with Crippen molar-refractivity contribution < 1.29 is 19.2 Å². The summed E-state index contributed by atoms with van der Waals surface area (Å²) >= 11 is 1.35. The van der Waals surface area contributed by atoms with Crippen LogP contribution in [0.25, 0.3) is 6.08 Å². The first-order valence-corrected chi connectivity index (χ1v) is 14.0. The van der Waals surface area contributed by atoms with Gasteiger partial charge in [0, 0.05) is 39.8 Å². The quantitative estimate of drug-likeness (QED) is 0.144. The minimum absolute atomic E-state index is 0.0445. The molecule has 0 bridgehead atoms. The van der Waals surface area contributed by atoms with Crippen molar-refractivity contribution in [3.63, 3.8) is 0 Å². The van der Waals surface area contributed by atoms with Gasteiger partial charge in [-0.15, -0.1) is 11.8 Å². The monoisotopic (exact) mass is 579 g/mol. The first-order chi connectivity index (χ1) is 20.3. The average Bonchev–Trinajstić information content (AvgIpc) is 3.00. The van der Waals surface area contributed by atoms with Crippen LogP contribution in [0.5, 0.6) is 0 Å². The lowest BCUT2D eigenvalue weighted by molar-refractivity contribution is -0.116. The third kappa shape index (κ3) is 8.39. The highest BCUT2D eigenvalue weighted by atomic mass is 32.2. The van der Waals surface area contributed by atoms with E-state index in [1.54, 1.807) is 103 Å². The fraction of sp³-hybridized carbons (Fsp3) is 0.0938. The van der Waals surface area contributed by atoms with Gasteiger partial charge in [0.2, 0.25) is 11.8 Å². The fourth-order valence-electron chi connectivity index (χ4n) is 3.84. The molecule has 4 aromatic rings. The summed E-state index contributed by atoms with van der Waals surface area (Å²) in [7, 11) is 0. The van der Waals surface area contributed by atoms with Crippen LogP contribution in [0.2, 0.25) is 0 Å². The number of anilines is 2. The minimum Gasteiger partial charge on any atom is -0.366 e. The Morgan fingerprint density at radius 1 is 0.857 bits per heavy atom. The summed E-state index contributed by atoms with van der Waals surface area (Å²) in [6.07, 6.45) is 5.30. The van der Waals surface area contributed by atoms with Gasteiger partial charge in [-0.3, -0.25) is 24.2 Å². The summed E-state index contributed by atoms with van der Waals surface area (Å²) in [5, 5.41) is 7.99. The van der Waals surface area contributed by atoms with Crippen LogP contribution in [0.4, 0.5) is 11.4 Å². The predicted octanol–water partition coefficient (Wildman–Crippen LogP) is 5.10. The van der Waals surface area contributed by atoms with Gasteiger partial charge in [-0.2, -0.15) is 0 Å². The second kappa shape index (κ2) is 14.4. The molecule has 5 N–H and O–H groups in total. The van der Waals surface area contributed by atoms with Gasteiger partial charge in [-0.05, 0) is 78.7 Å². The van der Waals surface area contributed by atoms with Crippen molar-refractivity contribution in [3.8, 4) is 0 Å². The molecule has 0 aliphatic rings. The van der Waals surface area contributed by atoms with Crippen molar-refractivity contribution in [2.45, 2.75) is 23.5 Å². The van der Waals surface area contributed by atoms with Gasteiger partial charge in [0.1, 0.15) is 5.70 Å². The van der Waals surface area contributed by atoms with Crippen molar-refractivity contribution in [3.05, 3.63) is 126 Å². The lowest BCUT2D eigenvalue weighted by Gasteiger charge is -2.16. The topological polar surface area (TPSA) is 143 Å². The number of nitrogens with two attached hydrogens (primary N) is 1. The Hall–Kier alpha value is -5.22. The lowest BCUT2D eigenvalue weighted by Crippen LogP contribution is -2.30. The molecule has 0 saturated heterocycles. The molecule has 212 valence electrons. The van der Waals surface area contributed by atoms with E-state index in [1.807, 2.05) is 13.0 Å². The number of hydrogen-bond acceptors (Lipinski definition) is 6. The van der Waals surface area contributed by atoms with Gasteiger partial charge in [0.15, 0.2) is 0 Å². The third-order valence-corrected chi connectivity index (χ3v) is 7.35. The number of carbonyl (C=O) groups excluding carboxylic acids is 4. The van der Waals surface area contributed by atoms with Crippen LogP contribution in [-0.4, -0.2) is 33.9 Å². The number of rotatable bonds is 11.